The highest BCUT2D eigenvalue weighted by Gasteiger charge is 2.45. The Balaban J connectivity index is 2.23. The van der Waals surface area contributed by atoms with Crippen LogP contribution in [0.15, 0.2) is 0 Å². The third-order valence-corrected chi connectivity index (χ3v) is 3.15. The third kappa shape index (κ3) is 0.872. The van der Waals surface area contributed by atoms with Gasteiger partial charge in [0.2, 0.25) is 5.91 Å². The molecule has 3 nitrogen and oxygen atoms in total. The summed E-state index contributed by atoms with van der Waals surface area (Å²) in [6.07, 6.45) is 4.26. The molecule has 0 aromatic carbocycles. The lowest BCUT2D eigenvalue weighted by Gasteiger charge is -2.44. The van der Waals surface area contributed by atoms with E-state index in [1.807, 2.05) is 0 Å². The smallest absolute Gasteiger partial charge is 0.227 e. The fourth-order valence-electron chi connectivity index (χ4n) is 2.18. The monoisotopic (exact) mass is 154 g/mol. The Hall–Kier alpha value is -0.570. The number of carbonyl (C=O) groups is 1. The molecule has 2 heterocycles. The summed E-state index contributed by atoms with van der Waals surface area (Å²) in [4.78, 5) is 11.4. The summed E-state index contributed by atoms with van der Waals surface area (Å²) >= 11 is 0. The molecule has 11 heavy (non-hydrogen) atoms. The number of carbonyl (C=O) groups excluding carboxylic acids is 1. The molecule has 2 saturated heterocycles. The topological polar surface area (TPSA) is 55.1 Å². The first-order valence-electron chi connectivity index (χ1n) is 4.28. The van der Waals surface area contributed by atoms with Crippen LogP contribution in [0.2, 0.25) is 0 Å². The average Bonchev–Trinajstić information content (AvgIpc) is 2.07. The predicted octanol–water partition coefficient (Wildman–Crippen LogP) is 0.00390. The van der Waals surface area contributed by atoms with Gasteiger partial charge in [0.15, 0.2) is 0 Å². The summed E-state index contributed by atoms with van der Waals surface area (Å²) in [7, 11) is 0. The number of piperidine rings is 2. The van der Waals surface area contributed by atoms with Crippen LogP contribution in [0.25, 0.3) is 0 Å². The van der Waals surface area contributed by atoms with Crippen molar-refractivity contribution in [3.8, 4) is 0 Å². The van der Waals surface area contributed by atoms with E-state index >= 15 is 0 Å². The van der Waals surface area contributed by atoms with E-state index in [1.165, 1.54) is 0 Å². The van der Waals surface area contributed by atoms with Gasteiger partial charge in [0.25, 0.3) is 0 Å². The summed E-state index contributed by atoms with van der Waals surface area (Å²) in [5.41, 5.74) is 5.42. The molecule has 0 atom stereocenters. The van der Waals surface area contributed by atoms with Gasteiger partial charge in [-0.3, -0.25) is 4.79 Å². The maximum Gasteiger partial charge on any atom is 0.227 e. The van der Waals surface area contributed by atoms with Crippen LogP contribution in [0.1, 0.15) is 25.7 Å². The molecule has 1 saturated carbocycles. The number of amides is 1. The normalized spacial score (nSPS) is 42.3. The van der Waals surface area contributed by atoms with Gasteiger partial charge in [-0.05, 0) is 25.7 Å². The number of nitrogens with one attached hydrogen (secondary N) is 1. The van der Waals surface area contributed by atoms with Crippen LogP contribution in [-0.2, 0) is 4.79 Å². The van der Waals surface area contributed by atoms with E-state index in [1.54, 1.807) is 0 Å². The van der Waals surface area contributed by atoms with Crippen molar-refractivity contribution in [2.24, 2.45) is 11.1 Å². The second-order valence-electron chi connectivity index (χ2n) is 3.73. The standard InChI is InChI=1S/C8H14N2O/c9-5-8-3-1-6(2-4-8)10-7(8)11/h6H,1-5,9H2,(H,10,11). The van der Waals surface area contributed by atoms with Crippen molar-refractivity contribution in [3.63, 3.8) is 0 Å². The van der Waals surface area contributed by atoms with Crippen molar-refractivity contribution in [1.82, 2.24) is 5.32 Å². The highest BCUT2D eigenvalue weighted by atomic mass is 16.2. The molecule has 62 valence electrons. The molecule has 0 aromatic rings. The fourth-order valence-corrected chi connectivity index (χ4v) is 2.18. The maximum atomic E-state index is 11.4. The molecule has 1 amide bonds. The second-order valence-corrected chi connectivity index (χ2v) is 3.73. The zero-order valence-electron chi connectivity index (χ0n) is 6.60. The molecule has 0 unspecified atom stereocenters. The Kier molecular flexibility index (Phi) is 1.42. The molecule has 0 radical (unpaired) electrons. The summed E-state index contributed by atoms with van der Waals surface area (Å²) in [6, 6.07) is 0.455. The minimum Gasteiger partial charge on any atom is -0.353 e. The Morgan fingerprint density at radius 2 is 2.18 bits per heavy atom. The van der Waals surface area contributed by atoms with Crippen molar-refractivity contribution in [2.75, 3.05) is 6.54 Å². The van der Waals surface area contributed by atoms with E-state index in [2.05, 4.69) is 5.32 Å². The summed E-state index contributed by atoms with van der Waals surface area (Å²) < 4.78 is 0. The molecule has 2 aliphatic heterocycles. The lowest BCUT2D eigenvalue weighted by molar-refractivity contribution is -0.138. The van der Waals surface area contributed by atoms with Gasteiger partial charge in [-0.25, -0.2) is 0 Å². The molecule has 0 aromatic heterocycles. The van der Waals surface area contributed by atoms with Gasteiger partial charge >= 0.3 is 0 Å². The van der Waals surface area contributed by atoms with Crippen molar-refractivity contribution >= 4 is 5.91 Å². The fraction of sp³-hybridized carbons (Fsp3) is 0.875. The van der Waals surface area contributed by atoms with Crippen molar-refractivity contribution in [2.45, 2.75) is 31.7 Å². The van der Waals surface area contributed by atoms with Gasteiger partial charge in [0.05, 0.1) is 5.41 Å². The first kappa shape index (κ1) is 7.10. The molecule has 2 bridgehead atoms. The van der Waals surface area contributed by atoms with E-state index in [9.17, 15) is 4.79 Å². The molecule has 3 heteroatoms. The largest absolute Gasteiger partial charge is 0.353 e. The van der Waals surface area contributed by atoms with E-state index in [0.717, 1.165) is 25.7 Å². The molecule has 3 rings (SSSR count). The van der Waals surface area contributed by atoms with Crippen LogP contribution < -0.4 is 11.1 Å². The molecular weight excluding hydrogens is 140 g/mol. The Labute approximate surface area is 66.3 Å². The van der Waals surface area contributed by atoms with E-state index in [-0.39, 0.29) is 11.3 Å². The first-order chi connectivity index (χ1) is 5.27. The molecule has 3 N–H and O–H groups in total. The Morgan fingerprint density at radius 3 is 2.55 bits per heavy atom. The molecule has 3 aliphatic rings. The van der Waals surface area contributed by atoms with E-state index in [0.29, 0.717) is 12.6 Å². The second kappa shape index (κ2) is 2.21. The third-order valence-electron chi connectivity index (χ3n) is 3.15. The van der Waals surface area contributed by atoms with Crippen molar-refractivity contribution < 1.29 is 4.79 Å². The molecule has 3 fully saturated rings. The van der Waals surface area contributed by atoms with Gasteiger partial charge in [-0.2, -0.15) is 0 Å². The lowest BCUT2D eigenvalue weighted by Crippen LogP contribution is -2.58. The van der Waals surface area contributed by atoms with Crippen LogP contribution in [0, 0.1) is 5.41 Å². The molecular formula is C8H14N2O. The number of hydrogen-bond acceptors (Lipinski definition) is 2. The first-order valence-corrected chi connectivity index (χ1v) is 4.28. The highest BCUT2D eigenvalue weighted by Crippen LogP contribution is 2.39. The van der Waals surface area contributed by atoms with Crippen LogP contribution in [0.3, 0.4) is 0 Å². The number of nitrogens with two attached hydrogens (primary N) is 1. The summed E-state index contributed by atoms with van der Waals surface area (Å²) in [6.45, 7) is 0.519. The van der Waals surface area contributed by atoms with Gasteiger partial charge in [0.1, 0.15) is 0 Å². The zero-order chi connectivity index (χ0) is 7.90. The minimum absolute atomic E-state index is 0.186. The van der Waals surface area contributed by atoms with Crippen molar-refractivity contribution in [3.05, 3.63) is 0 Å². The SMILES string of the molecule is NCC12CCC(CC1)NC2=O. The summed E-state index contributed by atoms with van der Waals surface area (Å²) in [5.74, 6) is 0.197. The van der Waals surface area contributed by atoms with Gasteiger partial charge in [-0.1, -0.05) is 0 Å². The zero-order valence-corrected chi connectivity index (χ0v) is 6.60. The number of fused-ring (bicyclic) bond motifs is 3. The average molecular weight is 154 g/mol. The predicted molar refractivity (Wildman–Crippen MR) is 41.9 cm³/mol. The van der Waals surface area contributed by atoms with E-state index < -0.39 is 0 Å². The van der Waals surface area contributed by atoms with Crippen molar-refractivity contribution in [1.29, 1.82) is 0 Å². The molecule has 0 spiro atoms. The number of hydrogen-bond donors (Lipinski definition) is 2. The van der Waals surface area contributed by atoms with Crippen LogP contribution in [0.4, 0.5) is 0 Å². The Bertz CT molecular complexity index is 183. The van der Waals surface area contributed by atoms with Crippen LogP contribution in [-0.4, -0.2) is 18.5 Å². The Morgan fingerprint density at radius 1 is 1.55 bits per heavy atom. The summed E-state index contributed by atoms with van der Waals surface area (Å²) in [5, 5.41) is 2.99. The van der Waals surface area contributed by atoms with Gasteiger partial charge < -0.3 is 11.1 Å². The van der Waals surface area contributed by atoms with Crippen LogP contribution >= 0.6 is 0 Å². The van der Waals surface area contributed by atoms with Crippen LogP contribution in [0.5, 0.6) is 0 Å². The van der Waals surface area contributed by atoms with E-state index in [4.69, 9.17) is 5.73 Å². The lowest BCUT2D eigenvalue weighted by atomic mass is 9.68. The maximum absolute atomic E-state index is 11.4. The highest BCUT2D eigenvalue weighted by molar-refractivity contribution is 5.84. The van der Waals surface area contributed by atoms with Gasteiger partial charge in [-0.15, -0.1) is 0 Å². The molecule has 1 aliphatic carbocycles. The number of rotatable bonds is 1. The quantitative estimate of drug-likeness (QED) is 0.558. The van der Waals surface area contributed by atoms with Gasteiger partial charge in [0, 0.05) is 12.6 Å². The minimum atomic E-state index is -0.186.